The van der Waals surface area contributed by atoms with Gasteiger partial charge >= 0.3 is 0 Å². The average molecular weight is 329 g/mol. The zero-order valence-corrected chi connectivity index (χ0v) is 11.4. The molecule has 0 aliphatic carbocycles. The van der Waals surface area contributed by atoms with Gasteiger partial charge in [-0.15, -0.1) is 0 Å². The van der Waals surface area contributed by atoms with E-state index in [1.807, 2.05) is 6.92 Å². The third kappa shape index (κ3) is 3.60. The van der Waals surface area contributed by atoms with Gasteiger partial charge in [0.05, 0.1) is 6.61 Å². The third-order valence-electron chi connectivity index (χ3n) is 2.45. The fourth-order valence-electron chi connectivity index (χ4n) is 1.49. The van der Waals surface area contributed by atoms with Crippen LogP contribution in [0.3, 0.4) is 0 Å². The van der Waals surface area contributed by atoms with E-state index in [0.29, 0.717) is 5.33 Å². The number of rotatable bonds is 6. The summed E-state index contributed by atoms with van der Waals surface area (Å²) in [5.74, 6) is -6.89. The lowest BCUT2D eigenvalue weighted by Crippen LogP contribution is -2.15. The van der Waals surface area contributed by atoms with Crippen LogP contribution in [0.5, 0.6) is 5.75 Å². The molecule has 0 bridgehead atoms. The van der Waals surface area contributed by atoms with Crippen molar-refractivity contribution in [2.75, 3.05) is 11.9 Å². The summed E-state index contributed by atoms with van der Waals surface area (Å²) in [6.07, 6.45) is 1.66. The molecule has 0 aliphatic heterocycles. The summed E-state index contributed by atoms with van der Waals surface area (Å²) in [6, 6.07) is 0.158. The van der Waals surface area contributed by atoms with E-state index in [2.05, 4.69) is 15.9 Å². The van der Waals surface area contributed by atoms with Crippen LogP contribution in [0, 0.1) is 29.2 Å². The molecule has 0 saturated carbocycles. The molecule has 1 rings (SSSR count). The van der Waals surface area contributed by atoms with Crippen LogP contribution in [0.2, 0.25) is 0 Å². The first-order valence-electron chi connectivity index (χ1n) is 5.53. The van der Waals surface area contributed by atoms with Crippen molar-refractivity contribution in [2.24, 2.45) is 5.92 Å². The third-order valence-corrected chi connectivity index (χ3v) is 3.37. The maximum absolute atomic E-state index is 13.3. The number of halogens is 5. The van der Waals surface area contributed by atoms with Gasteiger partial charge in [-0.2, -0.15) is 8.78 Å². The van der Waals surface area contributed by atoms with E-state index in [-0.39, 0.29) is 18.6 Å². The van der Waals surface area contributed by atoms with Gasteiger partial charge in [0.15, 0.2) is 17.4 Å². The number of alkyl halides is 1. The van der Waals surface area contributed by atoms with Crippen LogP contribution in [-0.4, -0.2) is 11.9 Å². The van der Waals surface area contributed by atoms with Gasteiger partial charge in [-0.1, -0.05) is 29.3 Å². The largest absolute Gasteiger partial charge is 0.487 e. The molecule has 102 valence electrons. The molecule has 1 aromatic rings. The summed E-state index contributed by atoms with van der Waals surface area (Å²) in [4.78, 5) is 0. The fraction of sp³-hybridized carbons (Fsp3) is 0.500. The minimum Gasteiger partial charge on any atom is -0.487 e. The lowest BCUT2D eigenvalue weighted by Gasteiger charge is -2.15. The van der Waals surface area contributed by atoms with Crippen LogP contribution >= 0.6 is 15.9 Å². The SMILES string of the molecule is CCCC(CBr)COc1c(F)c(F)cc(F)c1F. The van der Waals surface area contributed by atoms with E-state index < -0.39 is 29.0 Å². The zero-order valence-electron chi connectivity index (χ0n) is 9.78. The molecule has 0 aliphatic rings. The number of hydrogen-bond acceptors (Lipinski definition) is 1. The van der Waals surface area contributed by atoms with Crippen molar-refractivity contribution in [3.8, 4) is 5.75 Å². The second kappa shape index (κ2) is 6.97. The molecule has 0 radical (unpaired) electrons. The molecule has 0 fully saturated rings. The van der Waals surface area contributed by atoms with Crippen molar-refractivity contribution in [2.45, 2.75) is 19.8 Å². The summed E-state index contributed by atoms with van der Waals surface area (Å²) in [5.41, 5.74) is 0. The smallest absolute Gasteiger partial charge is 0.203 e. The van der Waals surface area contributed by atoms with Crippen molar-refractivity contribution in [3.63, 3.8) is 0 Å². The van der Waals surface area contributed by atoms with Crippen LogP contribution < -0.4 is 4.74 Å². The maximum Gasteiger partial charge on any atom is 0.203 e. The Morgan fingerprint density at radius 3 is 2.17 bits per heavy atom. The van der Waals surface area contributed by atoms with Gasteiger partial charge in [-0.05, 0) is 6.42 Å². The van der Waals surface area contributed by atoms with Gasteiger partial charge in [0, 0.05) is 17.3 Å². The van der Waals surface area contributed by atoms with E-state index in [1.165, 1.54) is 0 Å². The second-order valence-corrected chi connectivity index (χ2v) is 4.56. The minimum atomic E-state index is -1.50. The lowest BCUT2D eigenvalue weighted by molar-refractivity contribution is 0.226. The standard InChI is InChI=1S/C12H13BrF4O/c1-2-3-7(5-13)6-18-12-10(16)8(14)4-9(15)11(12)17/h4,7H,2-3,5-6H2,1H3. The van der Waals surface area contributed by atoms with Crippen molar-refractivity contribution in [3.05, 3.63) is 29.3 Å². The Bertz CT molecular complexity index is 385. The summed E-state index contributed by atoms with van der Waals surface area (Å²) in [7, 11) is 0. The highest BCUT2D eigenvalue weighted by Gasteiger charge is 2.21. The Kier molecular flexibility index (Phi) is 5.91. The monoisotopic (exact) mass is 328 g/mol. The molecule has 1 aromatic carbocycles. The molecule has 0 heterocycles. The molecule has 0 N–H and O–H groups in total. The Labute approximate surface area is 111 Å². The molecule has 0 amide bonds. The first-order valence-corrected chi connectivity index (χ1v) is 6.65. The summed E-state index contributed by atoms with van der Waals surface area (Å²) in [6.45, 7) is 1.95. The lowest BCUT2D eigenvalue weighted by atomic mass is 10.1. The summed E-state index contributed by atoms with van der Waals surface area (Å²) >= 11 is 3.24. The van der Waals surface area contributed by atoms with Crippen LogP contribution in [0.4, 0.5) is 17.6 Å². The highest BCUT2D eigenvalue weighted by Crippen LogP contribution is 2.27. The first kappa shape index (κ1) is 15.3. The van der Waals surface area contributed by atoms with E-state index in [9.17, 15) is 17.6 Å². The predicted octanol–water partition coefficient (Wildman–Crippen LogP) is 4.43. The van der Waals surface area contributed by atoms with Crippen LogP contribution in [-0.2, 0) is 0 Å². The maximum atomic E-state index is 13.3. The van der Waals surface area contributed by atoms with Gasteiger partial charge < -0.3 is 4.74 Å². The van der Waals surface area contributed by atoms with Gasteiger partial charge in [-0.3, -0.25) is 0 Å². The molecule has 18 heavy (non-hydrogen) atoms. The molecule has 6 heteroatoms. The fourth-order valence-corrected chi connectivity index (χ4v) is 2.00. The minimum absolute atomic E-state index is 0.00414. The number of hydrogen-bond donors (Lipinski definition) is 0. The second-order valence-electron chi connectivity index (χ2n) is 3.92. The normalized spacial score (nSPS) is 12.6. The molecule has 1 nitrogen and oxygen atoms in total. The van der Waals surface area contributed by atoms with Gasteiger partial charge in [0.1, 0.15) is 0 Å². The Morgan fingerprint density at radius 2 is 1.72 bits per heavy atom. The van der Waals surface area contributed by atoms with Crippen molar-refractivity contribution < 1.29 is 22.3 Å². The van der Waals surface area contributed by atoms with Gasteiger partial charge in [-0.25, -0.2) is 8.78 Å². The van der Waals surface area contributed by atoms with Crippen molar-refractivity contribution in [1.82, 2.24) is 0 Å². The van der Waals surface area contributed by atoms with Gasteiger partial charge in [0.25, 0.3) is 0 Å². The molecule has 1 atom stereocenters. The van der Waals surface area contributed by atoms with E-state index in [1.54, 1.807) is 0 Å². The first-order chi connectivity index (χ1) is 8.51. The number of ether oxygens (including phenoxy) is 1. The Hall–Kier alpha value is -0.780. The molecular weight excluding hydrogens is 316 g/mol. The number of benzene rings is 1. The molecule has 0 saturated heterocycles. The Balaban J connectivity index is 2.84. The molecular formula is C12H13BrF4O. The predicted molar refractivity (Wildman–Crippen MR) is 64.0 cm³/mol. The molecule has 0 aromatic heterocycles. The van der Waals surface area contributed by atoms with Crippen LogP contribution in [0.1, 0.15) is 19.8 Å². The van der Waals surface area contributed by atoms with Crippen molar-refractivity contribution in [1.29, 1.82) is 0 Å². The highest BCUT2D eigenvalue weighted by atomic mass is 79.9. The summed E-state index contributed by atoms with van der Waals surface area (Å²) < 4.78 is 57.2. The van der Waals surface area contributed by atoms with Gasteiger partial charge in [0.2, 0.25) is 11.6 Å². The van der Waals surface area contributed by atoms with Crippen LogP contribution in [0.25, 0.3) is 0 Å². The van der Waals surface area contributed by atoms with E-state index in [4.69, 9.17) is 4.74 Å². The Morgan fingerprint density at radius 1 is 1.17 bits per heavy atom. The van der Waals surface area contributed by atoms with E-state index >= 15 is 0 Å². The molecule has 0 spiro atoms. The van der Waals surface area contributed by atoms with Crippen molar-refractivity contribution >= 4 is 15.9 Å². The van der Waals surface area contributed by atoms with E-state index in [0.717, 1.165) is 12.8 Å². The highest BCUT2D eigenvalue weighted by molar-refractivity contribution is 9.09. The molecule has 1 unspecified atom stereocenters. The average Bonchev–Trinajstić information content (AvgIpc) is 2.35. The van der Waals surface area contributed by atoms with Crippen LogP contribution in [0.15, 0.2) is 6.07 Å². The summed E-state index contributed by atoms with van der Waals surface area (Å²) in [5, 5.41) is 0.585. The quantitative estimate of drug-likeness (QED) is 0.426. The zero-order chi connectivity index (χ0) is 13.7. The topological polar surface area (TPSA) is 9.23 Å².